The van der Waals surface area contributed by atoms with Crippen LogP contribution in [0.2, 0.25) is 0 Å². The van der Waals surface area contributed by atoms with E-state index in [9.17, 15) is 5.11 Å². The van der Waals surface area contributed by atoms with Crippen LogP contribution in [0.5, 0.6) is 0 Å². The van der Waals surface area contributed by atoms with Crippen molar-refractivity contribution in [2.75, 3.05) is 33.3 Å². The van der Waals surface area contributed by atoms with Crippen molar-refractivity contribution in [3.63, 3.8) is 0 Å². The standard InChI is InChI=1S/C17H34N2O2/c1-16(2)14(15(18-5)17(3,4)21-16)12-19-9-6-7-13(11-19)8-10-20/h13-15,18,20H,6-12H2,1-5H3. The molecule has 4 nitrogen and oxygen atoms in total. The van der Waals surface area contributed by atoms with Gasteiger partial charge >= 0.3 is 0 Å². The lowest BCUT2D eigenvalue weighted by Gasteiger charge is -2.38. The van der Waals surface area contributed by atoms with Crippen LogP contribution in [0.4, 0.5) is 0 Å². The Morgan fingerprint density at radius 2 is 1.95 bits per heavy atom. The Kier molecular flexibility index (Phi) is 5.35. The maximum absolute atomic E-state index is 9.17. The van der Waals surface area contributed by atoms with Crippen molar-refractivity contribution >= 4 is 0 Å². The number of aliphatic hydroxyl groups is 1. The minimum Gasteiger partial charge on any atom is -0.396 e. The molecule has 2 aliphatic rings. The zero-order chi connectivity index (χ0) is 15.7. The smallest absolute Gasteiger partial charge is 0.0790 e. The van der Waals surface area contributed by atoms with Crippen LogP contribution in [0, 0.1) is 11.8 Å². The molecule has 2 rings (SSSR count). The molecule has 2 N–H and O–H groups in total. The highest BCUT2D eigenvalue weighted by Crippen LogP contribution is 2.42. The summed E-state index contributed by atoms with van der Waals surface area (Å²) < 4.78 is 6.34. The van der Waals surface area contributed by atoms with E-state index in [1.165, 1.54) is 19.4 Å². The summed E-state index contributed by atoms with van der Waals surface area (Å²) in [4.78, 5) is 2.59. The largest absolute Gasteiger partial charge is 0.396 e. The lowest BCUT2D eigenvalue weighted by atomic mass is 9.81. The predicted molar refractivity (Wildman–Crippen MR) is 86.4 cm³/mol. The van der Waals surface area contributed by atoms with Crippen molar-refractivity contribution in [3.8, 4) is 0 Å². The second-order valence-corrected chi connectivity index (χ2v) is 7.96. The van der Waals surface area contributed by atoms with Crippen molar-refractivity contribution in [1.29, 1.82) is 0 Å². The Morgan fingerprint density at radius 1 is 1.24 bits per heavy atom. The Bertz CT molecular complexity index is 342. The molecule has 2 aliphatic heterocycles. The Morgan fingerprint density at radius 3 is 2.57 bits per heavy atom. The number of rotatable bonds is 5. The normalized spacial score (nSPS) is 36.0. The average Bonchev–Trinajstić information content (AvgIpc) is 2.55. The number of hydrogen-bond acceptors (Lipinski definition) is 4. The van der Waals surface area contributed by atoms with Gasteiger partial charge in [-0.2, -0.15) is 0 Å². The van der Waals surface area contributed by atoms with Gasteiger partial charge in [-0.1, -0.05) is 0 Å². The minimum absolute atomic E-state index is 0.0961. The Labute approximate surface area is 130 Å². The van der Waals surface area contributed by atoms with E-state index in [1.54, 1.807) is 0 Å². The Balaban J connectivity index is 2.03. The van der Waals surface area contributed by atoms with Gasteiger partial charge in [0.05, 0.1) is 11.2 Å². The fourth-order valence-corrected chi connectivity index (χ4v) is 4.59. The molecular weight excluding hydrogens is 264 g/mol. The van der Waals surface area contributed by atoms with Crippen LogP contribution in [0.15, 0.2) is 0 Å². The minimum atomic E-state index is -0.122. The zero-order valence-corrected chi connectivity index (χ0v) is 14.5. The lowest BCUT2D eigenvalue weighted by molar-refractivity contribution is -0.0800. The highest BCUT2D eigenvalue weighted by molar-refractivity contribution is 5.05. The van der Waals surface area contributed by atoms with E-state index >= 15 is 0 Å². The van der Waals surface area contributed by atoms with Crippen LogP contribution < -0.4 is 5.32 Å². The predicted octanol–water partition coefficient (Wildman–Crippen LogP) is 1.87. The van der Waals surface area contributed by atoms with E-state index in [0.29, 0.717) is 24.5 Å². The monoisotopic (exact) mass is 298 g/mol. The number of likely N-dealkylation sites (N-methyl/N-ethyl adjacent to an activating group) is 1. The Hall–Kier alpha value is -0.160. The SMILES string of the molecule is CNC1C(CN2CCCC(CCO)C2)C(C)(C)OC1(C)C. The number of ether oxygens (including phenoxy) is 1. The molecule has 0 bridgehead atoms. The third-order valence-corrected chi connectivity index (χ3v) is 5.48. The average molecular weight is 298 g/mol. The fraction of sp³-hybridized carbons (Fsp3) is 1.00. The molecule has 0 amide bonds. The first-order chi connectivity index (χ1) is 9.80. The molecule has 2 fully saturated rings. The maximum Gasteiger partial charge on any atom is 0.0790 e. The van der Waals surface area contributed by atoms with Gasteiger partial charge < -0.3 is 20.1 Å². The molecule has 0 aromatic heterocycles. The summed E-state index contributed by atoms with van der Waals surface area (Å²) in [7, 11) is 2.05. The molecule has 0 radical (unpaired) electrons. The molecule has 2 heterocycles. The summed E-state index contributed by atoms with van der Waals surface area (Å²) in [5.74, 6) is 1.15. The van der Waals surface area contributed by atoms with Gasteiger partial charge in [-0.15, -0.1) is 0 Å². The number of nitrogens with one attached hydrogen (secondary N) is 1. The van der Waals surface area contributed by atoms with Gasteiger partial charge in [-0.25, -0.2) is 0 Å². The first-order valence-electron chi connectivity index (χ1n) is 8.51. The summed E-state index contributed by atoms with van der Waals surface area (Å²) >= 11 is 0. The third-order valence-electron chi connectivity index (χ3n) is 5.48. The topological polar surface area (TPSA) is 44.7 Å². The van der Waals surface area contributed by atoms with Crippen molar-refractivity contribution in [3.05, 3.63) is 0 Å². The van der Waals surface area contributed by atoms with Gasteiger partial charge in [0.15, 0.2) is 0 Å². The molecule has 0 aliphatic carbocycles. The molecule has 4 heteroatoms. The van der Waals surface area contributed by atoms with Crippen molar-refractivity contribution in [1.82, 2.24) is 10.2 Å². The van der Waals surface area contributed by atoms with Crippen LogP contribution in [0.1, 0.15) is 47.0 Å². The zero-order valence-electron chi connectivity index (χ0n) is 14.5. The van der Waals surface area contributed by atoms with E-state index in [1.807, 2.05) is 0 Å². The van der Waals surface area contributed by atoms with Gasteiger partial charge in [-0.05, 0) is 66.5 Å². The van der Waals surface area contributed by atoms with E-state index in [2.05, 4.69) is 45.0 Å². The molecule has 21 heavy (non-hydrogen) atoms. The highest BCUT2D eigenvalue weighted by atomic mass is 16.5. The van der Waals surface area contributed by atoms with Crippen molar-refractivity contribution in [2.45, 2.75) is 64.2 Å². The number of nitrogens with zero attached hydrogens (tertiary/aromatic N) is 1. The van der Waals surface area contributed by atoms with Gasteiger partial charge in [-0.3, -0.25) is 0 Å². The van der Waals surface area contributed by atoms with Gasteiger partial charge in [0, 0.05) is 31.7 Å². The summed E-state index contributed by atoms with van der Waals surface area (Å²) in [6, 6.07) is 0.380. The number of likely N-dealkylation sites (tertiary alicyclic amines) is 1. The summed E-state index contributed by atoms with van der Waals surface area (Å²) in [5.41, 5.74) is -0.218. The molecule has 0 aromatic carbocycles. The number of piperidine rings is 1. The fourth-order valence-electron chi connectivity index (χ4n) is 4.59. The van der Waals surface area contributed by atoms with Crippen LogP contribution in [0.3, 0.4) is 0 Å². The molecular formula is C17H34N2O2. The first-order valence-corrected chi connectivity index (χ1v) is 8.51. The first kappa shape index (κ1) is 17.2. The van der Waals surface area contributed by atoms with Crippen LogP contribution in [-0.4, -0.2) is 60.5 Å². The molecule has 0 aromatic rings. The van der Waals surface area contributed by atoms with E-state index in [4.69, 9.17) is 4.74 Å². The van der Waals surface area contributed by atoms with E-state index < -0.39 is 0 Å². The van der Waals surface area contributed by atoms with Crippen LogP contribution >= 0.6 is 0 Å². The van der Waals surface area contributed by atoms with Gasteiger partial charge in [0.2, 0.25) is 0 Å². The summed E-state index contributed by atoms with van der Waals surface area (Å²) in [6.45, 7) is 12.6. The molecule has 3 unspecified atom stereocenters. The lowest BCUT2D eigenvalue weighted by Crippen LogP contribution is -2.51. The molecule has 3 atom stereocenters. The van der Waals surface area contributed by atoms with Crippen molar-refractivity contribution < 1.29 is 9.84 Å². The van der Waals surface area contributed by atoms with Crippen LogP contribution in [0.25, 0.3) is 0 Å². The maximum atomic E-state index is 9.17. The molecule has 124 valence electrons. The van der Waals surface area contributed by atoms with E-state index in [0.717, 1.165) is 19.5 Å². The quantitative estimate of drug-likeness (QED) is 0.813. The molecule has 2 saturated heterocycles. The number of hydrogen-bond donors (Lipinski definition) is 2. The third kappa shape index (κ3) is 3.79. The molecule has 0 spiro atoms. The second kappa shape index (κ2) is 6.53. The van der Waals surface area contributed by atoms with Crippen molar-refractivity contribution in [2.24, 2.45) is 11.8 Å². The van der Waals surface area contributed by atoms with Gasteiger partial charge in [0.25, 0.3) is 0 Å². The van der Waals surface area contributed by atoms with Gasteiger partial charge in [0.1, 0.15) is 0 Å². The summed E-state index contributed by atoms with van der Waals surface area (Å²) in [5, 5.41) is 12.7. The van der Waals surface area contributed by atoms with Crippen LogP contribution in [-0.2, 0) is 4.74 Å². The highest BCUT2D eigenvalue weighted by Gasteiger charge is 2.53. The molecule has 0 saturated carbocycles. The van der Waals surface area contributed by atoms with E-state index in [-0.39, 0.29) is 11.2 Å². The summed E-state index contributed by atoms with van der Waals surface area (Å²) in [6.07, 6.45) is 3.47. The number of aliphatic hydroxyl groups excluding tert-OH is 1. The second-order valence-electron chi connectivity index (χ2n) is 7.96.